The summed E-state index contributed by atoms with van der Waals surface area (Å²) < 4.78 is 24.7. The van der Waals surface area contributed by atoms with E-state index in [9.17, 15) is 13.6 Å². The van der Waals surface area contributed by atoms with Crippen LogP contribution < -0.4 is 10.2 Å². The van der Waals surface area contributed by atoms with E-state index < -0.39 is 5.76 Å². The first-order valence-electron chi connectivity index (χ1n) is 4.77. The molecule has 1 N–H and O–H groups in total. The fourth-order valence-electron chi connectivity index (χ4n) is 1.58. The van der Waals surface area contributed by atoms with Gasteiger partial charge in [-0.2, -0.15) is 8.78 Å². The van der Waals surface area contributed by atoms with Crippen molar-refractivity contribution in [1.82, 2.24) is 5.32 Å². The number of amides is 2. The van der Waals surface area contributed by atoms with Crippen LogP contribution in [0.2, 0.25) is 0 Å². The zero-order valence-electron chi connectivity index (χ0n) is 8.32. The third kappa shape index (κ3) is 2.27. The Hall–Kier alpha value is -1.30. The number of nitrogens with one attached hydrogen (secondary N) is 1. The van der Waals surface area contributed by atoms with Gasteiger partial charge in [0.05, 0.1) is 5.69 Å². The van der Waals surface area contributed by atoms with Crippen LogP contribution in [0.15, 0.2) is 29.2 Å². The maximum atomic E-state index is 12.3. The summed E-state index contributed by atoms with van der Waals surface area (Å²) in [5.74, 6) is -2.48. The Morgan fingerprint density at radius 1 is 1.38 bits per heavy atom. The number of hydrogen-bond acceptors (Lipinski definition) is 2. The molecule has 16 heavy (non-hydrogen) atoms. The van der Waals surface area contributed by atoms with Crippen LogP contribution in [0.25, 0.3) is 0 Å². The van der Waals surface area contributed by atoms with E-state index in [4.69, 9.17) is 0 Å². The summed E-state index contributed by atoms with van der Waals surface area (Å²) in [6, 6.07) is 6.45. The number of benzene rings is 1. The molecule has 0 saturated carbocycles. The highest BCUT2D eigenvalue weighted by Crippen LogP contribution is 2.34. The van der Waals surface area contributed by atoms with Crippen molar-refractivity contribution in [3.63, 3.8) is 0 Å². The van der Waals surface area contributed by atoms with Gasteiger partial charge in [0.2, 0.25) is 0 Å². The molecule has 1 saturated heterocycles. The highest BCUT2D eigenvalue weighted by atomic mass is 32.2. The smallest absolute Gasteiger partial charge is 0.322 e. The van der Waals surface area contributed by atoms with Crippen molar-refractivity contribution in [2.24, 2.45) is 0 Å². The summed E-state index contributed by atoms with van der Waals surface area (Å²) in [7, 11) is 0. The lowest BCUT2D eigenvalue weighted by atomic mass is 10.3. The topological polar surface area (TPSA) is 32.3 Å². The van der Waals surface area contributed by atoms with Gasteiger partial charge >= 0.3 is 6.03 Å². The van der Waals surface area contributed by atoms with Gasteiger partial charge in [0.1, 0.15) is 0 Å². The van der Waals surface area contributed by atoms with Crippen molar-refractivity contribution < 1.29 is 13.6 Å². The largest absolute Gasteiger partial charge is 0.336 e. The zero-order chi connectivity index (χ0) is 11.5. The third-order valence-electron chi connectivity index (χ3n) is 2.23. The highest BCUT2D eigenvalue weighted by molar-refractivity contribution is 7.99. The number of alkyl halides is 2. The fraction of sp³-hybridized carbons (Fsp3) is 0.300. The molecular weight excluding hydrogens is 234 g/mol. The fourth-order valence-corrected chi connectivity index (χ4v) is 2.23. The SMILES string of the molecule is O=C1NCCN1c1ccccc1SC(F)F. The average molecular weight is 244 g/mol. The van der Waals surface area contributed by atoms with Crippen molar-refractivity contribution in [3.8, 4) is 0 Å². The number of para-hydroxylation sites is 1. The van der Waals surface area contributed by atoms with Gasteiger partial charge < -0.3 is 5.32 Å². The Labute approximate surface area is 95.8 Å². The minimum Gasteiger partial charge on any atom is -0.336 e. The van der Waals surface area contributed by atoms with Crippen LogP contribution in [-0.2, 0) is 0 Å². The van der Waals surface area contributed by atoms with Gasteiger partial charge in [0, 0.05) is 18.0 Å². The maximum absolute atomic E-state index is 12.3. The molecule has 0 aromatic heterocycles. The summed E-state index contributed by atoms with van der Waals surface area (Å²) in [6.45, 7) is 1.06. The van der Waals surface area contributed by atoms with Gasteiger partial charge in [0.15, 0.2) is 0 Å². The molecule has 0 aliphatic carbocycles. The molecule has 86 valence electrons. The molecule has 0 atom stereocenters. The van der Waals surface area contributed by atoms with Crippen molar-refractivity contribution in [2.75, 3.05) is 18.0 Å². The van der Waals surface area contributed by atoms with Crippen LogP contribution in [0.1, 0.15) is 0 Å². The minimum atomic E-state index is -2.48. The molecule has 6 heteroatoms. The van der Waals surface area contributed by atoms with Gasteiger partial charge in [-0.05, 0) is 12.1 Å². The van der Waals surface area contributed by atoms with Gasteiger partial charge in [0.25, 0.3) is 5.76 Å². The number of nitrogens with zero attached hydrogens (tertiary/aromatic N) is 1. The van der Waals surface area contributed by atoms with Crippen LogP contribution in [0.5, 0.6) is 0 Å². The van der Waals surface area contributed by atoms with E-state index in [0.29, 0.717) is 35.4 Å². The lowest BCUT2D eigenvalue weighted by Crippen LogP contribution is -2.28. The Balaban J connectivity index is 2.28. The highest BCUT2D eigenvalue weighted by Gasteiger charge is 2.24. The monoisotopic (exact) mass is 244 g/mol. The number of thioether (sulfide) groups is 1. The number of urea groups is 1. The predicted molar refractivity (Wildman–Crippen MR) is 59.0 cm³/mol. The van der Waals surface area contributed by atoms with E-state index in [1.807, 2.05) is 0 Å². The lowest BCUT2D eigenvalue weighted by molar-refractivity contribution is 0.250. The molecule has 0 radical (unpaired) electrons. The first-order chi connectivity index (χ1) is 7.68. The molecule has 2 amide bonds. The third-order valence-corrected chi connectivity index (χ3v) is 3.01. The summed E-state index contributed by atoms with van der Waals surface area (Å²) in [6.07, 6.45) is 0. The van der Waals surface area contributed by atoms with Gasteiger partial charge in [-0.3, -0.25) is 4.90 Å². The second kappa shape index (κ2) is 4.69. The normalized spacial score (nSPS) is 15.7. The molecule has 1 aliphatic rings. The Morgan fingerprint density at radius 3 is 2.75 bits per heavy atom. The summed E-state index contributed by atoms with van der Waals surface area (Å²) in [5, 5.41) is 2.64. The Morgan fingerprint density at radius 2 is 2.12 bits per heavy atom. The van der Waals surface area contributed by atoms with Gasteiger partial charge in [-0.15, -0.1) is 0 Å². The molecule has 0 unspecified atom stereocenters. The number of rotatable bonds is 3. The van der Waals surface area contributed by atoms with Gasteiger partial charge in [-0.1, -0.05) is 23.9 Å². The van der Waals surface area contributed by atoms with Crippen molar-refractivity contribution >= 4 is 23.5 Å². The van der Waals surface area contributed by atoms with E-state index in [-0.39, 0.29) is 6.03 Å². The molecule has 1 aliphatic heterocycles. The first kappa shape index (κ1) is 11.2. The molecule has 3 nitrogen and oxygen atoms in total. The number of hydrogen-bond donors (Lipinski definition) is 1. The van der Waals surface area contributed by atoms with E-state index in [0.717, 1.165) is 0 Å². The van der Waals surface area contributed by atoms with Gasteiger partial charge in [-0.25, -0.2) is 4.79 Å². The average Bonchev–Trinajstić information content (AvgIpc) is 2.64. The zero-order valence-corrected chi connectivity index (χ0v) is 9.14. The summed E-state index contributed by atoms with van der Waals surface area (Å²) in [4.78, 5) is 13.3. The van der Waals surface area contributed by atoms with Crippen molar-refractivity contribution in [2.45, 2.75) is 10.7 Å². The lowest BCUT2D eigenvalue weighted by Gasteiger charge is -2.17. The van der Waals surface area contributed by atoms with Crippen LogP contribution in [0.3, 0.4) is 0 Å². The second-order valence-corrected chi connectivity index (χ2v) is 4.26. The van der Waals surface area contributed by atoms with E-state index in [1.54, 1.807) is 24.3 Å². The molecule has 1 aromatic carbocycles. The standard InChI is InChI=1S/C10H10F2N2OS/c11-9(12)16-8-4-2-1-3-7(8)14-6-5-13-10(14)15/h1-4,9H,5-6H2,(H,13,15). The number of anilines is 1. The molecule has 1 heterocycles. The van der Waals surface area contributed by atoms with E-state index in [2.05, 4.69) is 5.32 Å². The Kier molecular flexibility index (Phi) is 3.28. The molecular formula is C10H10F2N2OS. The molecule has 0 spiro atoms. The van der Waals surface area contributed by atoms with Crippen molar-refractivity contribution in [3.05, 3.63) is 24.3 Å². The minimum absolute atomic E-state index is 0.234. The predicted octanol–water partition coefficient (Wildman–Crippen LogP) is 2.53. The molecule has 2 rings (SSSR count). The maximum Gasteiger partial charge on any atom is 0.322 e. The first-order valence-corrected chi connectivity index (χ1v) is 5.65. The Bertz CT molecular complexity index is 400. The second-order valence-electron chi connectivity index (χ2n) is 3.23. The van der Waals surface area contributed by atoms with Crippen LogP contribution >= 0.6 is 11.8 Å². The summed E-state index contributed by atoms with van der Waals surface area (Å²) in [5.41, 5.74) is 0.544. The quantitative estimate of drug-likeness (QED) is 0.829. The number of carbonyl (C=O) groups is 1. The molecule has 0 bridgehead atoms. The van der Waals surface area contributed by atoms with Crippen LogP contribution in [0, 0.1) is 0 Å². The number of halogens is 2. The van der Waals surface area contributed by atoms with Crippen molar-refractivity contribution in [1.29, 1.82) is 0 Å². The molecule has 1 fully saturated rings. The van der Waals surface area contributed by atoms with E-state index >= 15 is 0 Å². The van der Waals surface area contributed by atoms with Crippen LogP contribution in [0.4, 0.5) is 19.3 Å². The van der Waals surface area contributed by atoms with E-state index in [1.165, 1.54) is 4.90 Å². The summed E-state index contributed by atoms with van der Waals surface area (Å²) >= 11 is 0.459. The van der Waals surface area contributed by atoms with Crippen LogP contribution in [-0.4, -0.2) is 24.9 Å². The number of carbonyl (C=O) groups excluding carboxylic acids is 1. The molecule has 1 aromatic rings.